The predicted molar refractivity (Wildman–Crippen MR) is 97.3 cm³/mol. The molecule has 0 saturated carbocycles. The summed E-state index contributed by atoms with van der Waals surface area (Å²) in [5.74, 6) is 0. The van der Waals surface area contributed by atoms with Gasteiger partial charge in [0.05, 0.1) is 12.3 Å². The zero-order chi connectivity index (χ0) is 18.4. The van der Waals surface area contributed by atoms with Crippen molar-refractivity contribution in [1.29, 1.82) is 0 Å². The highest BCUT2D eigenvalue weighted by atomic mass is 32.2. The van der Waals surface area contributed by atoms with Gasteiger partial charge in [-0.25, -0.2) is 0 Å². The van der Waals surface area contributed by atoms with Gasteiger partial charge in [-0.05, 0) is 17.7 Å². The lowest BCUT2D eigenvalue weighted by Gasteiger charge is -2.14. The van der Waals surface area contributed by atoms with E-state index in [2.05, 4.69) is 9.88 Å². The van der Waals surface area contributed by atoms with E-state index in [1.54, 1.807) is 31.4 Å². The maximum atomic E-state index is 11.9. The minimum absolute atomic E-state index is 0.342. The lowest BCUT2D eigenvalue weighted by molar-refractivity contribution is 0.185. The smallest absolute Gasteiger partial charge is 0.301 e. The highest BCUT2D eigenvalue weighted by molar-refractivity contribution is 7.90. The topological polar surface area (TPSA) is 91.2 Å². The summed E-state index contributed by atoms with van der Waals surface area (Å²) in [5, 5.41) is 12.8. The molecule has 0 aromatic heterocycles. The molecule has 0 atom stereocenters. The highest BCUT2D eigenvalue weighted by Gasteiger charge is 2.14. The van der Waals surface area contributed by atoms with Crippen LogP contribution in [0, 0.1) is 0 Å². The Morgan fingerprint density at radius 2 is 1.84 bits per heavy atom. The first-order valence-electron chi connectivity index (χ1n) is 7.48. The maximum Gasteiger partial charge on any atom is 0.301 e. The molecule has 0 aliphatic heterocycles. The largest absolute Gasteiger partial charge is 0.410 e. The Morgan fingerprint density at radius 1 is 1.16 bits per heavy atom. The quantitative estimate of drug-likeness (QED) is 0.448. The van der Waals surface area contributed by atoms with Crippen LogP contribution in [0.1, 0.15) is 16.7 Å². The Morgan fingerprint density at radius 3 is 2.40 bits per heavy atom. The van der Waals surface area contributed by atoms with Crippen LogP contribution in [0.5, 0.6) is 0 Å². The zero-order valence-corrected chi connectivity index (χ0v) is 15.1. The number of oxime groups is 1. The first-order valence-corrected chi connectivity index (χ1v) is 8.92. The van der Waals surface area contributed by atoms with Crippen molar-refractivity contribution in [3.05, 3.63) is 65.2 Å². The monoisotopic (exact) mass is 363 g/mol. The number of hydrogen-bond donors (Lipinski definition) is 2. The third kappa shape index (κ3) is 4.79. The van der Waals surface area contributed by atoms with Crippen LogP contribution in [0.25, 0.3) is 0 Å². The first kappa shape index (κ1) is 18.9. The van der Waals surface area contributed by atoms with Gasteiger partial charge in [-0.15, -0.1) is 0 Å². The van der Waals surface area contributed by atoms with Gasteiger partial charge in [0.1, 0.15) is 5.71 Å². The van der Waals surface area contributed by atoms with E-state index in [4.69, 9.17) is 4.74 Å². The predicted octanol–water partition coefficient (Wildman–Crippen LogP) is 2.28. The number of nitrogens with one attached hydrogen (secondary N) is 1. The highest BCUT2D eigenvalue weighted by Crippen LogP contribution is 2.18. The fraction of sp³-hybridized carbons (Fsp3) is 0.235. The second-order valence-electron chi connectivity index (χ2n) is 5.55. The van der Waals surface area contributed by atoms with Crippen molar-refractivity contribution in [1.82, 2.24) is 4.31 Å². The summed E-state index contributed by atoms with van der Waals surface area (Å²) in [7, 11) is 0.888. The number of rotatable bonds is 7. The van der Waals surface area contributed by atoms with E-state index in [0.717, 1.165) is 9.87 Å². The van der Waals surface area contributed by atoms with Gasteiger partial charge in [-0.1, -0.05) is 41.6 Å². The van der Waals surface area contributed by atoms with Crippen molar-refractivity contribution in [3.8, 4) is 0 Å². The molecule has 0 heterocycles. The molecule has 0 saturated heterocycles. The van der Waals surface area contributed by atoms with Crippen LogP contribution in [0.15, 0.2) is 53.7 Å². The van der Waals surface area contributed by atoms with Gasteiger partial charge in [0.15, 0.2) is 0 Å². The number of methoxy groups -OCH3 is 1. The van der Waals surface area contributed by atoms with E-state index in [-0.39, 0.29) is 0 Å². The molecule has 2 aromatic carbocycles. The minimum Gasteiger partial charge on any atom is -0.410 e. The number of ether oxygens (including phenoxy) is 1. The molecule has 0 unspecified atom stereocenters. The van der Waals surface area contributed by atoms with Gasteiger partial charge in [0, 0.05) is 32.3 Å². The minimum atomic E-state index is -3.61. The summed E-state index contributed by atoms with van der Waals surface area (Å²) in [6.07, 6.45) is 0. The van der Waals surface area contributed by atoms with Crippen molar-refractivity contribution in [3.63, 3.8) is 0 Å². The molecule has 0 bridgehead atoms. The maximum absolute atomic E-state index is 11.9. The Bertz CT molecular complexity index is 846. The van der Waals surface area contributed by atoms with Crippen molar-refractivity contribution >= 4 is 21.6 Å². The molecule has 134 valence electrons. The lowest BCUT2D eigenvalue weighted by Crippen LogP contribution is -2.29. The molecule has 2 rings (SSSR count). The Kier molecular flexibility index (Phi) is 6.13. The summed E-state index contributed by atoms with van der Waals surface area (Å²) in [6.45, 7) is 0.494. The van der Waals surface area contributed by atoms with Gasteiger partial charge in [0.2, 0.25) is 0 Å². The van der Waals surface area contributed by atoms with E-state index in [9.17, 15) is 13.6 Å². The molecule has 2 N–H and O–H groups in total. The molecule has 7 nitrogen and oxygen atoms in total. The van der Waals surface area contributed by atoms with Crippen molar-refractivity contribution in [2.45, 2.75) is 6.61 Å². The second kappa shape index (κ2) is 8.11. The first-order chi connectivity index (χ1) is 11.9. The fourth-order valence-electron chi connectivity index (χ4n) is 2.18. The second-order valence-corrected chi connectivity index (χ2v) is 7.43. The van der Waals surface area contributed by atoms with Crippen LogP contribution >= 0.6 is 0 Å². The molecule has 0 amide bonds. The molecule has 0 aliphatic rings. The lowest BCUT2D eigenvalue weighted by atomic mass is 10.0. The molecule has 2 aromatic rings. The van der Waals surface area contributed by atoms with Gasteiger partial charge >= 0.3 is 10.2 Å². The van der Waals surface area contributed by atoms with E-state index in [1.807, 2.05) is 24.3 Å². The molecule has 0 aliphatic carbocycles. The van der Waals surface area contributed by atoms with E-state index >= 15 is 0 Å². The molecule has 0 spiro atoms. The number of hydrogen-bond acceptors (Lipinski definition) is 5. The summed E-state index contributed by atoms with van der Waals surface area (Å²) in [5.41, 5.74) is 3.00. The Balaban J connectivity index is 2.31. The summed E-state index contributed by atoms with van der Waals surface area (Å²) in [4.78, 5) is 0. The van der Waals surface area contributed by atoms with Gasteiger partial charge in [-0.3, -0.25) is 4.72 Å². The van der Waals surface area contributed by atoms with E-state index in [0.29, 0.717) is 29.1 Å². The molecular formula is C17H21N3O4S. The van der Waals surface area contributed by atoms with E-state index < -0.39 is 10.2 Å². The number of nitrogens with zero attached hydrogens (tertiary/aromatic N) is 2. The van der Waals surface area contributed by atoms with Gasteiger partial charge in [0.25, 0.3) is 0 Å². The normalized spacial score (nSPS) is 12.4. The fourth-order valence-corrected chi connectivity index (χ4v) is 2.79. The van der Waals surface area contributed by atoms with Gasteiger partial charge < -0.3 is 9.94 Å². The van der Waals surface area contributed by atoms with Crippen LogP contribution in [0.3, 0.4) is 0 Å². The molecule has 25 heavy (non-hydrogen) atoms. The summed E-state index contributed by atoms with van der Waals surface area (Å²) < 4.78 is 32.5. The number of anilines is 1. The zero-order valence-electron chi connectivity index (χ0n) is 14.3. The molecule has 0 fully saturated rings. The van der Waals surface area contributed by atoms with Crippen molar-refractivity contribution < 1.29 is 18.4 Å². The van der Waals surface area contributed by atoms with Crippen LogP contribution in [0.2, 0.25) is 0 Å². The Hall–Kier alpha value is -2.42. The third-order valence-corrected chi connectivity index (χ3v) is 4.96. The van der Waals surface area contributed by atoms with Crippen LogP contribution in [-0.2, 0) is 21.6 Å². The molecule has 0 radical (unpaired) electrons. The SMILES string of the molecule is COCc1ccc(/C(=N\O)c2cccc(NS(=O)(=O)N(C)C)c2)cc1. The van der Waals surface area contributed by atoms with E-state index in [1.165, 1.54) is 14.1 Å². The van der Waals surface area contributed by atoms with Crippen LogP contribution < -0.4 is 4.72 Å². The third-order valence-electron chi connectivity index (χ3n) is 3.50. The average Bonchev–Trinajstić information content (AvgIpc) is 2.57. The van der Waals surface area contributed by atoms with Crippen molar-refractivity contribution in [2.24, 2.45) is 5.16 Å². The Labute approximate surface area is 147 Å². The average molecular weight is 363 g/mol. The van der Waals surface area contributed by atoms with Crippen LogP contribution in [0.4, 0.5) is 5.69 Å². The number of benzene rings is 2. The molecular weight excluding hydrogens is 342 g/mol. The summed E-state index contributed by atoms with van der Waals surface area (Å²) in [6, 6.07) is 14.1. The van der Waals surface area contributed by atoms with Crippen molar-refractivity contribution in [2.75, 3.05) is 25.9 Å². The standard InChI is InChI=1S/C17H21N3O4S/c1-20(2)25(22,23)19-16-6-4-5-15(11-16)17(18-21)14-9-7-13(8-10-14)12-24-3/h4-11,19,21H,12H2,1-3H3/b18-17+. The summed E-state index contributed by atoms with van der Waals surface area (Å²) >= 11 is 0. The van der Waals surface area contributed by atoms with Gasteiger partial charge in [-0.2, -0.15) is 12.7 Å². The van der Waals surface area contributed by atoms with Crippen LogP contribution in [-0.4, -0.2) is 44.8 Å². The molecule has 8 heteroatoms.